The van der Waals surface area contributed by atoms with Crippen molar-refractivity contribution < 1.29 is 18.9 Å². The number of oxazole rings is 1. The average molecular weight is 505 g/mol. The quantitative estimate of drug-likeness (QED) is 0.175. The molecular weight excluding hydrogens is 480 g/mol. The van der Waals surface area contributed by atoms with E-state index >= 15 is 0 Å². The van der Waals surface area contributed by atoms with Crippen molar-refractivity contribution in [3.63, 3.8) is 0 Å². The lowest BCUT2D eigenvalue weighted by molar-refractivity contribution is -0.384. The van der Waals surface area contributed by atoms with Crippen LogP contribution in [0.15, 0.2) is 71.1 Å². The molecule has 0 saturated carbocycles. The first-order valence-corrected chi connectivity index (χ1v) is 11.7. The zero-order valence-electron chi connectivity index (χ0n) is 19.7. The van der Waals surface area contributed by atoms with Crippen LogP contribution >= 0.6 is 12.2 Å². The molecule has 0 bridgehead atoms. The minimum Gasteiger partial charge on any atom is -0.484 e. The Hall–Kier alpha value is -4.31. The third-order valence-corrected chi connectivity index (χ3v) is 5.83. The fourth-order valence-electron chi connectivity index (χ4n) is 3.48. The maximum absolute atomic E-state index is 12.2. The van der Waals surface area contributed by atoms with Crippen LogP contribution < -0.4 is 15.4 Å². The van der Waals surface area contributed by atoms with Gasteiger partial charge in [-0.15, -0.1) is 0 Å². The van der Waals surface area contributed by atoms with Gasteiger partial charge in [0.15, 0.2) is 17.3 Å². The molecule has 4 aromatic rings. The van der Waals surface area contributed by atoms with Crippen LogP contribution in [0.25, 0.3) is 22.6 Å². The number of anilines is 1. The monoisotopic (exact) mass is 504 g/mol. The number of nitrogens with one attached hydrogen (secondary N) is 2. The number of ether oxygens (including phenoxy) is 1. The SMILES string of the molecule is CC[C@@H](C)c1ccc2oc(-c3cccc(NC(=S)NC(=O)COc4ccc([N+](=O)[O-])cc4)c3)nc2c1. The van der Waals surface area contributed by atoms with Crippen LogP contribution in [0.4, 0.5) is 11.4 Å². The van der Waals surface area contributed by atoms with Crippen LogP contribution in [-0.4, -0.2) is 27.5 Å². The Morgan fingerprint density at radius 3 is 2.67 bits per heavy atom. The van der Waals surface area contributed by atoms with Crippen molar-refractivity contribution >= 4 is 45.7 Å². The summed E-state index contributed by atoms with van der Waals surface area (Å²) < 4.78 is 11.3. The van der Waals surface area contributed by atoms with Gasteiger partial charge in [-0.3, -0.25) is 20.2 Å². The number of rotatable bonds is 8. The molecule has 0 radical (unpaired) electrons. The molecule has 0 aliphatic heterocycles. The number of hydrogen-bond donors (Lipinski definition) is 2. The number of nitro groups is 1. The lowest BCUT2D eigenvalue weighted by Crippen LogP contribution is -2.37. The number of amides is 1. The normalized spacial score (nSPS) is 11.6. The molecule has 0 fully saturated rings. The van der Waals surface area contributed by atoms with E-state index in [1.807, 2.05) is 24.3 Å². The number of carbonyl (C=O) groups excluding carboxylic acids is 1. The van der Waals surface area contributed by atoms with Crippen LogP contribution in [0.3, 0.4) is 0 Å². The summed E-state index contributed by atoms with van der Waals surface area (Å²) in [5.74, 6) is 0.786. The Morgan fingerprint density at radius 2 is 1.94 bits per heavy atom. The number of hydrogen-bond acceptors (Lipinski definition) is 7. The number of thiocarbonyl (C=S) groups is 1. The lowest BCUT2D eigenvalue weighted by Gasteiger charge is -2.11. The predicted molar refractivity (Wildman–Crippen MR) is 141 cm³/mol. The molecule has 0 spiro atoms. The maximum Gasteiger partial charge on any atom is 0.269 e. The summed E-state index contributed by atoms with van der Waals surface area (Å²) in [6.45, 7) is 4.03. The van der Waals surface area contributed by atoms with Gasteiger partial charge < -0.3 is 14.5 Å². The van der Waals surface area contributed by atoms with Crippen LogP contribution in [0, 0.1) is 10.1 Å². The summed E-state index contributed by atoms with van der Waals surface area (Å²) in [4.78, 5) is 27.0. The molecule has 184 valence electrons. The smallest absolute Gasteiger partial charge is 0.269 e. The Labute approximate surface area is 212 Å². The standard InChI is InChI=1S/C26H24N4O5S/c1-3-16(2)17-7-12-23-22(14-17)28-25(35-23)18-5-4-6-19(13-18)27-26(36)29-24(31)15-34-21-10-8-20(9-11-21)30(32)33/h4-14,16H,3,15H2,1-2H3,(H2,27,29,31,36)/t16-/m1/s1. The summed E-state index contributed by atoms with van der Waals surface area (Å²) in [6, 6.07) is 18.9. The van der Waals surface area contributed by atoms with E-state index in [4.69, 9.17) is 21.4 Å². The minimum absolute atomic E-state index is 0.0619. The second kappa shape index (κ2) is 11.0. The van der Waals surface area contributed by atoms with Crippen molar-refractivity contribution in [1.29, 1.82) is 0 Å². The van der Waals surface area contributed by atoms with E-state index in [2.05, 4.69) is 41.6 Å². The number of non-ortho nitro benzene ring substituents is 1. The predicted octanol–water partition coefficient (Wildman–Crippen LogP) is 5.81. The molecule has 0 aliphatic rings. The molecule has 1 heterocycles. The van der Waals surface area contributed by atoms with Gasteiger partial charge in [-0.2, -0.15) is 0 Å². The summed E-state index contributed by atoms with van der Waals surface area (Å²) in [5.41, 5.74) is 4.09. The molecule has 9 nitrogen and oxygen atoms in total. The fourth-order valence-corrected chi connectivity index (χ4v) is 3.71. The summed E-state index contributed by atoms with van der Waals surface area (Å²) in [7, 11) is 0. The molecule has 0 unspecified atom stereocenters. The third-order valence-electron chi connectivity index (χ3n) is 5.63. The van der Waals surface area contributed by atoms with Crippen LogP contribution in [-0.2, 0) is 4.79 Å². The lowest BCUT2D eigenvalue weighted by atomic mass is 9.98. The van der Waals surface area contributed by atoms with Gasteiger partial charge in [-0.05, 0) is 72.6 Å². The molecule has 3 aromatic carbocycles. The first-order chi connectivity index (χ1) is 17.3. The first kappa shape index (κ1) is 24.8. The highest BCUT2D eigenvalue weighted by Gasteiger charge is 2.13. The molecular formula is C26H24N4O5S. The Kier molecular flexibility index (Phi) is 7.55. The number of aromatic nitrogens is 1. The van der Waals surface area contributed by atoms with E-state index in [9.17, 15) is 14.9 Å². The second-order valence-corrected chi connectivity index (χ2v) is 8.59. The van der Waals surface area contributed by atoms with E-state index < -0.39 is 10.8 Å². The van der Waals surface area contributed by atoms with E-state index in [0.29, 0.717) is 28.8 Å². The molecule has 1 aromatic heterocycles. The minimum atomic E-state index is -0.510. The fraction of sp³-hybridized carbons (Fsp3) is 0.192. The third kappa shape index (κ3) is 6.02. The molecule has 36 heavy (non-hydrogen) atoms. The number of carbonyl (C=O) groups is 1. The number of benzene rings is 3. The molecule has 1 amide bonds. The number of fused-ring (bicyclic) bond motifs is 1. The molecule has 0 aliphatic carbocycles. The van der Waals surface area contributed by atoms with Crippen LogP contribution in [0.1, 0.15) is 31.7 Å². The Balaban J connectivity index is 1.36. The van der Waals surface area contributed by atoms with E-state index in [-0.39, 0.29) is 17.4 Å². The van der Waals surface area contributed by atoms with Crippen molar-refractivity contribution in [3.05, 3.63) is 82.4 Å². The van der Waals surface area contributed by atoms with Crippen LogP contribution in [0.5, 0.6) is 5.75 Å². The van der Waals surface area contributed by atoms with Crippen molar-refractivity contribution in [2.24, 2.45) is 0 Å². The summed E-state index contributed by atoms with van der Waals surface area (Å²) >= 11 is 5.24. The molecule has 2 N–H and O–H groups in total. The van der Waals surface area contributed by atoms with Gasteiger partial charge in [0.05, 0.1) is 4.92 Å². The van der Waals surface area contributed by atoms with Crippen molar-refractivity contribution in [3.8, 4) is 17.2 Å². The molecule has 4 rings (SSSR count). The van der Waals surface area contributed by atoms with E-state index in [0.717, 1.165) is 17.5 Å². The van der Waals surface area contributed by atoms with Crippen molar-refractivity contribution in [2.75, 3.05) is 11.9 Å². The largest absolute Gasteiger partial charge is 0.484 e. The zero-order chi connectivity index (χ0) is 25.7. The van der Waals surface area contributed by atoms with E-state index in [1.165, 1.54) is 29.8 Å². The van der Waals surface area contributed by atoms with Crippen molar-refractivity contribution in [1.82, 2.24) is 10.3 Å². The number of nitro benzene ring substituents is 1. The highest BCUT2D eigenvalue weighted by Crippen LogP contribution is 2.29. The summed E-state index contributed by atoms with van der Waals surface area (Å²) in [6.07, 6.45) is 1.05. The van der Waals surface area contributed by atoms with E-state index in [1.54, 1.807) is 6.07 Å². The number of nitrogens with zero attached hydrogens (tertiary/aromatic N) is 2. The van der Waals surface area contributed by atoms with Gasteiger partial charge >= 0.3 is 0 Å². The summed E-state index contributed by atoms with van der Waals surface area (Å²) in [5, 5.41) is 16.3. The zero-order valence-corrected chi connectivity index (χ0v) is 20.5. The van der Waals surface area contributed by atoms with Crippen molar-refractivity contribution in [2.45, 2.75) is 26.2 Å². The second-order valence-electron chi connectivity index (χ2n) is 8.18. The maximum atomic E-state index is 12.2. The van der Waals surface area contributed by atoms with Gasteiger partial charge in [-0.1, -0.05) is 26.0 Å². The molecule has 10 heteroatoms. The van der Waals surface area contributed by atoms with Crippen LogP contribution in [0.2, 0.25) is 0 Å². The highest BCUT2D eigenvalue weighted by atomic mass is 32.1. The molecule has 0 saturated heterocycles. The Morgan fingerprint density at radius 1 is 1.17 bits per heavy atom. The highest BCUT2D eigenvalue weighted by molar-refractivity contribution is 7.80. The topological polar surface area (TPSA) is 120 Å². The van der Waals surface area contributed by atoms with Gasteiger partial charge in [0.1, 0.15) is 11.3 Å². The van der Waals surface area contributed by atoms with Gasteiger partial charge in [0.2, 0.25) is 5.89 Å². The molecule has 1 atom stereocenters. The van der Waals surface area contributed by atoms with Gasteiger partial charge in [0, 0.05) is 23.4 Å². The Bertz CT molecular complexity index is 1420. The van der Waals surface area contributed by atoms with Gasteiger partial charge in [-0.25, -0.2) is 4.98 Å². The first-order valence-electron chi connectivity index (χ1n) is 11.3. The average Bonchev–Trinajstić information content (AvgIpc) is 3.31. The van der Waals surface area contributed by atoms with Gasteiger partial charge in [0.25, 0.3) is 11.6 Å².